The molecule has 0 saturated heterocycles. The van der Waals surface area contributed by atoms with E-state index in [0.29, 0.717) is 12.5 Å². The molecule has 2 aromatic rings. The van der Waals surface area contributed by atoms with Crippen molar-refractivity contribution in [2.24, 2.45) is 0 Å². The minimum Gasteiger partial charge on any atom is -0.492 e. The Labute approximate surface area is 144 Å². The van der Waals surface area contributed by atoms with Gasteiger partial charge in [0.2, 0.25) is 5.89 Å². The Balaban J connectivity index is 1.45. The zero-order valence-corrected chi connectivity index (χ0v) is 14.2. The van der Waals surface area contributed by atoms with Gasteiger partial charge >= 0.3 is 0 Å². The number of nitrogens with zero attached hydrogens (tertiary/aromatic N) is 1. The summed E-state index contributed by atoms with van der Waals surface area (Å²) >= 11 is 1.72. The third-order valence-electron chi connectivity index (χ3n) is 3.97. The van der Waals surface area contributed by atoms with Gasteiger partial charge in [0.05, 0.1) is 12.3 Å². The molecule has 0 N–H and O–H groups in total. The molecule has 0 spiro atoms. The van der Waals surface area contributed by atoms with Crippen LogP contribution in [0.25, 0.3) is 21.9 Å². The van der Waals surface area contributed by atoms with Crippen molar-refractivity contribution in [1.82, 2.24) is 4.98 Å². The van der Waals surface area contributed by atoms with Crippen LogP contribution in [0.4, 0.5) is 0 Å². The summed E-state index contributed by atoms with van der Waals surface area (Å²) in [5.74, 6) is 2.45. The third kappa shape index (κ3) is 2.93. The molecule has 0 amide bonds. The molecule has 4 heteroatoms. The van der Waals surface area contributed by atoms with E-state index >= 15 is 0 Å². The first kappa shape index (κ1) is 15.0. The van der Waals surface area contributed by atoms with E-state index in [2.05, 4.69) is 28.6 Å². The van der Waals surface area contributed by atoms with Crippen LogP contribution in [0, 0.1) is 6.92 Å². The monoisotopic (exact) mass is 335 g/mol. The lowest BCUT2D eigenvalue weighted by atomic mass is 10.2. The van der Waals surface area contributed by atoms with E-state index in [1.165, 1.54) is 10.4 Å². The fraction of sp³-hybridized carbons (Fsp3) is 0.150. The van der Waals surface area contributed by atoms with Gasteiger partial charge in [0.1, 0.15) is 11.5 Å². The van der Waals surface area contributed by atoms with Crippen molar-refractivity contribution in [2.45, 2.75) is 13.3 Å². The number of ether oxygens (including phenoxy) is 1. The van der Waals surface area contributed by atoms with Crippen molar-refractivity contribution in [2.75, 3.05) is 6.61 Å². The summed E-state index contributed by atoms with van der Waals surface area (Å²) in [6, 6.07) is 18.2. The summed E-state index contributed by atoms with van der Waals surface area (Å²) in [6.07, 6.45) is 0.725. The van der Waals surface area contributed by atoms with Crippen molar-refractivity contribution < 1.29 is 9.15 Å². The van der Waals surface area contributed by atoms with Gasteiger partial charge in [0.15, 0.2) is 0 Å². The molecule has 120 valence electrons. The van der Waals surface area contributed by atoms with Gasteiger partial charge in [-0.3, -0.25) is 0 Å². The van der Waals surface area contributed by atoms with E-state index in [1.807, 2.05) is 43.3 Å². The Bertz CT molecular complexity index is 910. The van der Waals surface area contributed by atoms with E-state index in [4.69, 9.17) is 9.15 Å². The van der Waals surface area contributed by atoms with Crippen LogP contribution < -0.4 is 4.74 Å². The fourth-order valence-electron chi connectivity index (χ4n) is 2.72. The minimum absolute atomic E-state index is 0.580. The maximum Gasteiger partial charge on any atom is 0.226 e. The Morgan fingerprint density at radius 1 is 1.04 bits per heavy atom. The van der Waals surface area contributed by atoms with E-state index in [9.17, 15) is 0 Å². The number of aryl methyl sites for hydroxylation is 1. The average molecular weight is 335 g/mol. The molecule has 0 saturated carbocycles. The average Bonchev–Trinajstić information content (AvgIpc) is 3.23. The number of benzene rings is 1. The lowest BCUT2D eigenvalue weighted by Gasteiger charge is -2.09. The Morgan fingerprint density at radius 3 is 2.79 bits per heavy atom. The van der Waals surface area contributed by atoms with E-state index < -0.39 is 0 Å². The van der Waals surface area contributed by atoms with Crippen LogP contribution in [0.2, 0.25) is 0 Å². The zero-order valence-electron chi connectivity index (χ0n) is 13.4. The van der Waals surface area contributed by atoms with E-state index in [1.54, 1.807) is 11.3 Å². The smallest absolute Gasteiger partial charge is 0.226 e. The van der Waals surface area contributed by atoms with Crippen LogP contribution in [0.3, 0.4) is 0 Å². The molecule has 1 aromatic carbocycles. The predicted octanol–water partition coefficient (Wildman–Crippen LogP) is 5.44. The second kappa shape index (κ2) is 6.49. The number of hydrogen-bond acceptors (Lipinski definition) is 4. The van der Waals surface area contributed by atoms with Crippen LogP contribution in [0.1, 0.15) is 11.5 Å². The highest BCUT2D eigenvalue weighted by atomic mass is 32.1. The maximum atomic E-state index is 5.98. The molecule has 0 unspecified atom stereocenters. The molecule has 4 rings (SSSR count). The fourth-order valence-corrected chi connectivity index (χ4v) is 3.51. The topological polar surface area (TPSA) is 35.3 Å². The van der Waals surface area contributed by atoms with Crippen molar-refractivity contribution in [3.63, 3.8) is 0 Å². The third-order valence-corrected chi connectivity index (χ3v) is 4.85. The predicted molar refractivity (Wildman–Crippen MR) is 96.8 cm³/mol. The molecule has 0 atom stereocenters. The molecule has 1 aromatic heterocycles. The molecule has 1 aliphatic carbocycles. The number of aromatic nitrogens is 1. The molecule has 3 nitrogen and oxygen atoms in total. The molecular weight excluding hydrogens is 318 g/mol. The zero-order chi connectivity index (χ0) is 16.4. The molecular formula is C20H17NO2S. The van der Waals surface area contributed by atoms with Gasteiger partial charge < -0.3 is 9.15 Å². The summed E-state index contributed by atoms with van der Waals surface area (Å²) in [6.45, 7) is 2.53. The van der Waals surface area contributed by atoms with Crippen molar-refractivity contribution in [1.29, 1.82) is 0 Å². The largest absolute Gasteiger partial charge is 0.492 e. The molecule has 2 heterocycles. The number of fused-ring (bicyclic) bond motifs is 1. The lowest BCUT2D eigenvalue weighted by Crippen LogP contribution is -2.03. The molecule has 0 fully saturated rings. The van der Waals surface area contributed by atoms with Crippen LogP contribution >= 0.6 is 11.3 Å². The van der Waals surface area contributed by atoms with E-state index in [0.717, 1.165) is 29.2 Å². The molecule has 24 heavy (non-hydrogen) atoms. The van der Waals surface area contributed by atoms with Crippen molar-refractivity contribution >= 4 is 11.3 Å². The molecule has 1 aliphatic heterocycles. The van der Waals surface area contributed by atoms with Gasteiger partial charge in [-0.05, 0) is 42.6 Å². The van der Waals surface area contributed by atoms with Gasteiger partial charge in [-0.1, -0.05) is 24.3 Å². The standard InChI is InChI=1S/C20H17NO2S/c1-14-17(21-20(23-14)15-6-3-2-4-7-15)10-12-22-18-11-13-24-19-9-5-8-16(18)19/h2-9,11,13H,10,12H2,1H3. The van der Waals surface area contributed by atoms with Gasteiger partial charge in [-0.2, -0.15) is 0 Å². The quantitative estimate of drug-likeness (QED) is 0.487. The van der Waals surface area contributed by atoms with Crippen LogP contribution in [0.5, 0.6) is 5.75 Å². The highest BCUT2D eigenvalue weighted by Crippen LogP contribution is 2.35. The maximum absolute atomic E-state index is 5.98. The number of oxazole rings is 1. The van der Waals surface area contributed by atoms with Gasteiger partial charge in [0, 0.05) is 22.4 Å². The number of hydrogen-bond donors (Lipinski definition) is 0. The van der Waals surface area contributed by atoms with Crippen LogP contribution in [-0.4, -0.2) is 11.6 Å². The second-order valence-electron chi connectivity index (χ2n) is 5.57. The van der Waals surface area contributed by atoms with Crippen LogP contribution in [-0.2, 0) is 6.42 Å². The highest BCUT2D eigenvalue weighted by molar-refractivity contribution is 7.13. The van der Waals surface area contributed by atoms with Gasteiger partial charge in [-0.15, -0.1) is 11.3 Å². The first-order valence-corrected chi connectivity index (χ1v) is 8.80. The summed E-state index contributed by atoms with van der Waals surface area (Å²) in [7, 11) is 0. The lowest BCUT2D eigenvalue weighted by molar-refractivity contribution is 0.321. The SMILES string of the molecule is Cc1oc(-c2ccccc2)nc1CCOc1ccsc2cccc1-2. The molecule has 0 radical (unpaired) electrons. The van der Waals surface area contributed by atoms with Crippen molar-refractivity contribution in [3.05, 3.63) is 71.4 Å². The van der Waals surface area contributed by atoms with E-state index in [-0.39, 0.29) is 0 Å². The van der Waals surface area contributed by atoms with Crippen LogP contribution in [0.15, 0.2) is 64.4 Å². The Kier molecular flexibility index (Phi) is 4.05. The minimum atomic E-state index is 0.580. The summed E-state index contributed by atoms with van der Waals surface area (Å²) in [5.41, 5.74) is 3.12. The Morgan fingerprint density at radius 2 is 1.92 bits per heavy atom. The highest BCUT2D eigenvalue weighted by Gasteiger charge is 2.13. The second-order valence-corrected chi connectivity index (χ2v) is 6.52. The molecule has 0 bridgehead atoms. The summed E-state index contributed by atoms with van der Waals surface area (Å²) in [4.78, 5) is 5.87. The van der Waals surface area contributed by atoms with Gasteiger partial charge in [-0.25, -0.2) is 4.98 Å². The number of rotatable bonds is 5. The summed E-state index contributed by atoms with van der Waals surface area (Å²) in [5, 5.41) is 2.06. The van der Waals surface area contributed by atoms with Crippen molar-refractivity contribution in [3.8, 4) is 27.6 Å². The summed E-state index contributed by atoms with van der Waals surface area (Å²) < 4.78 is 11.8. The normalized spacial score (nSPS) is 11.0. The Hall–Kier alpha value is -2.59. The molecule has 2 aliphatic rings. The van der Waals surface area contributed by atoms with Gasteiger partial charge in [0.25, 0.3) is 0 Å². The first-order valence-electron chi connectivity index (χ1n) is 7.92. The first-order chi connectivity index (χ1) is 11.8.